The van der Waals surface area contributed by atoms with E-state index in [0.29, 0.717) is 6.42 Å². The van der Waals surface area contributed by atoms with Gasteiger partial charge >= 0.3 is 11.7 Å². The zero-order valence-corrected chi connectivity index (χ0v) is 11.3. The van der Waals surface area contributed by atoms with Crippen molar-refractivity contribution in [1.29, 1.82) is 0 Å². The SMILES string of the molecule is CCCC(=O)C(=[N+]=[N-])C(=O)c1ccccc1C(=O)OC. The highest BCUT2D eigenvalue weighted by Gasteiger charge is 2.32. The molecular weight excluding hydrogens is 260 g/mol. The molecule has 0 heterocycles. The second-order valence-electron chi connectivity index (χ2n) is 3.99. The van der Waals surface area contributed by atoms with E-state index in [2.05, 4.69) is 9.53 Å². The number of esters is 1. The van der Waals surface area contributed by atoms with Gasteiger partial charge in [0.25, 0.3) is 5.78 Å². The van der Waals surface area contributed by atoms with E-state index in [4.69, 9.17) is 5.53 Å². The van der Waals surface area contributed by atoms with Crippen molar-refractivity contribution in [3.63, 3.8) is 0 Å². The summed E-state index contributed by atoms with van der Waals surface area (Å²) in [6.45, 7) is 1.76. The molecule has 1 aromatic carbocycles. The molecular formula is C14H14N2O4. The number of hydrogen-bond acceptors (Lipinski definition) is 4. The van der Waals surface area contributed by atoms with Gasteiger partial charge in [-0.25, -0.2) is 4.79 Å². The number of ether oxygens (including phenoxy) is 1. The summed E-state index contributed by atoms with van der Waals surface area (Å²) in [7, 11) is 1.19. The van der Waals surface area contributed by atoms with Gasteiger partial charge in [-0.2, -0.15) is 4.79 Å². The highest BCUT2D eigenvalue weighted by atomic mass is 16.5. The van der Waals surface area contributed by atoms with E-state index in [0.717, 1.165) is 0 Å². The fraction of sp³-hybridized carbons (Fsp3) is 0.286. The standard InChI is InChI=1S/C14H14N2O4/c1-3-6-11(17)12(16-15)13(18)9-7-4-5-8-10(9)14(19)20-2/h4-5,7-8H,3,6H2,1-2H3. The molecule has 0 fully saturated rings. The molecule has 1 aromatic rings. The van der Waals surface area contributed by atoms with Gasteiger partial charge in [-0.05, 0) is 18.6 Å². The molecule has 6 heteroatoms. The van der Waals surface area contributed by atoms with Crippen molar-refractivity contribution in [2.45, 2.75) is 19.8 Å². The van der Waals surface area contributed by atoms with Gasteiger partial charge in [-0.1, -0.05) is 19.1 Å². The van der Waals surface area contributed by atoms with Crippen molar-refractivity contribution in [3.8, 4) is 0 Å². The minimum atomic E-state index is -0.799. The van der Waals surface area contributed by atoms with Crippen molar-refractivity contribution in [1.82, 2.24) is 0 Å². The van der Waals surface area contributed by atoms with Crippen LogP contribution in [0.4, 0.5) is 0 Å². The normalized spacial score (nSPS) is 9.50. The second-order valence-corrected chi connectivity index (χ2v) is 3.99. The topological polar surface area (TPSA) is 96.8 Å². The first kappa shape index (κ1) is 15.5. The maximum absolute atomic E-state index is 12.2. The summed E-state index contributed by atoms with van der Waals surface area (Å²) >= 11 is 0. The Morgan fingerprint density at radius 1 is 1.20 bits per heavy atom. The molecule has 0 aliphatic carbocycles. The summed E-state index contributed by atoms with van der Waals surface area (Å²) in [6.07, 6.45) is 0.606. The third-order valence-electron chi connectivity index (χ3n) is 2.63. The third-order valence-corrected chi connectivity index (χ3v) is 2.63. The van der Waals surface area contributed by atoms with Crippen molar-refractivity contribution in [2.75, 3.05) is 7.11 Å². The van der Waals surface area contributed by atoms with Crippen LogP contribution in [0.3, 0.4) is 0 Å². The Morgan fingerprint density at radius 3 is 2.30 bits per heavy atom. The summed E-state index contributed by atoms with van der Waals surface area (Å²) in [4.78, 5) is 38.3. The number of hydrogen-bond donors (Lipinski definition) is 0. The van der Waals surface area contributed by atoms with Crippen LogP contribution in [0.2, 0.25) is 0 Å². The number of rotatable bonds is 6. The summed E-state index contributed by atoms with van der Waals surface area (Å²) < 4.78 is 4.57. The fourth-order valence-corrected chi connectivity index (χ4v) is 1.67. The molecule has 0 N–H and O–H groups in total. The highest BCUT2D eigenvalue weighted by molar-refractivity contribution is 6.67. The van der Waals surface area contributed by atoms with Gasteiger partial charge in [-0.15, -0.1) is 0 Å². The van der Waals surface area contributed by atoms with E-state index < -0.39 is 23.2 Å². The maximum atomic E-state index is 12.2. The van der Waals surface area contributed by atoms with E-state index in [-0.39, 0.29) is 17.5 Å². The van der Waals surface area contributed by atoms with E-state index in [1.807, 2.05) is 0 Å². The molecule has 0 amide bonds. The average Bonchev–Trinajstić information content (AvgIpc) is 2.47. The van der Waals surface area contributed by atoms with Crippen LogP contribution in [0.15, 0.2) is 24.3 Å². The first-order valence-electron chi connectivity index (χ1n) is 6.04. The summed E-state index contributed by atoms with van der Waals surface area (Å²) in [5.74, 6) is -2.07. The molecule has 6 nitrogen and oxygen atoms in total. The molecule has 0 spiro atoms. The number of methoxy groups -OCH3 is 1. The van der Waals surface area contributed by atoms with Crippen molar-refractivity contribution in [3.05, 3.63) is 40.9 Å². The first-order valence-corrected chi connectivity index (χ1v) is 6.04. The monoisotopic (exact) mass is 274 g/mol. The number of Topliss-reactive ketones (excluding diaryl/α,β-unsaturated/α-hetero) is 2. The van der Waals surface area contributed by atoms with Crippen LogP contribution in [0.1, 0.15) is 40.5 Å². The predicted octanol–water partition coefficient (Wildman–Crippen LogP) is 1.70. The summed E-state index contributed by atoms with van der Waals surface area (Å²) in [5, 5.41) is 0. The summed E-state index contributed by atoms with van der Waals surface area (Å²) in [5.41, 5.74) is 8.28. The Morgan fingerprint density at radius 2 is 1.80 bits per heavy atom. The smallest absolute Gasteiger partial charge is 0.405 e. The van der Waals surface area contributed by atoms with E-state index in [1.165, 1.54) is 19.2 Å². The minimum Gasteiger partial charge on any atom is -0.465 e. The van der Waals surface area contributed by atoms with Crippen molar-refractivity contribution in [2.24, 2.45) is 0 Å². The van der Waals surface area contributed by atoms with Crippen LogP contribution >= 0.6 is 0 Å². The lowest BCUT2D eigenvalue weighted by molar-refractivity contribution is -0.117. The second kappa shape index (κ2) is 7.11. The van der Waals surface area contributed by atoms with Gasteiger partial charge in [-0.3, -0.25) is 9.59 Å². The minimum absolute atomic E-state index is 0.0189. The molecule has 0 radical (unpaired) electrons. The lowest BCUT2D eigenvalue weighted by atomic mass is 9.97. The Hall–Kier alpha value is -2.59. The fourth-order valence-electron chi connectivity index (χ4n) is 1.67. The van der Waals surface area contributed by atoms with Crippen LogP contribution in [-0.4, -0.2) is 35.1 Å². The largest absolute Gasteiger partial charge is 0.465 e. The van der Waals surface area contributed by atoms with E-state index in [1.54, 1.807) is 19.1 Å². The number of ketones is 2. The molecule has 20 heavy (non-hydrogen) atoms. The molecule has 0 aliphatic rings. The van der Waals surface area contributed by atoms with Crippen LogP contribution in [0, 0.1) is 0 Å². The van der Waals surface area contributed by atoms with Gasteiger partial charge in [0, 0.05) is 12.0 Å². The average molecular weight is 274 g/mol. The lowest BCUT2D eigenvalue weighted by Crippen LogP contribution is -2.27. The maximum Gasteiger partial charge on any atom is 0.405 e. The quantitative estimate of drug-likeness (QED) is 0.197. The molecule has 0 aromatic heterocycles. The van der Waals surface area contributed by atoms with Gasteiger partial charge in [0.2, 0.25) is 5.78 Å². The van der Waals surface area contributed by atoms with Gasteiger partial charge in [0.1, 0.15) is 0 Å². The lowest BCUT2D eigenvalue weighted by Gasteiger charge is -2.04. The van der Waals surface area contributed by atoms with Crippen LogP contribution in [0.5, 0.6) is 0 Å². The van der Waals surface area contributed by atoms with E-state index in [9.17, 15) is 14.4 Å². The Bertz CT molecular complexity index is 601. The van der Waals surface area contributed by atoms with Crippen LogP contribution < -0.4 is 0 Å². The van der Waals surface area contributed by atoms with Gasteiger partial charge < -0.3 is 10.3 Å². The molecule has 104 valence electrons. The van der Waals surface area contributed by atoms with Gasteiger partial charge in [0.05, 0.1) is 12.7 Å². The highest BCUT2D eigenvalue weighted by Crippen LogP contribution is 2.12. The van der Waals surface area contributed by atoms with Gasteiger partial charge in [0.15, 0.2) is 0 Å². The molecule has 0 saturated carbocycles. The number of nitrogens with zero attached hydrogens (tertiary/aromatic N) is 2. The molecule has 0 aliphatic heterocycles. The first-order chi connectivity index (χ1) is 9.56. The summed E-state index contributed by atoms with van der Waals surface area (Å²) in [6, 6.07) is 5.88. The third kappa shape index (κ3) is 3.24. The zero-order valence-electron chi connectivity index (χ0n) is 11.3. The zero-order chi connectivity index (χ0) is 15.1. The van der Waals surface area contributed by atoms with Crippen LogP contribution in [0.25, 0.3) is 5.53 Å². The molecule has 0 saturated heterocycles. The molecule has 0 bridgehead atoms. The van der Waals surface area contributed by atoms with Crippen molar-refractivity contribution >= 4 is 23.2 Å². The van der Waals surface area contributed by atoms with E-state index >= 15 is 0 Å². The Labute approximate surface area is 116 Å². The van der Waals surface area contributed by atoms with Crippen molar-refractivity contribution < 1.29 is 23.9 Å². The van der Waals surface area contributed by atoms with Crippen LogP contribution in [-0.2, 0) is 9.53 Å². The molecule has 1 rings (SSSR count). The molecule has 0 unspecified atom stereocenters. The Kier molecular flexibility index (Phi) is 5.50. The number of carbonyl (C=O) groups excluding carboxylic acids is 3. The Balaban J connectivity index is 3.24. The predicted molar refractivity (Wildman–Crippen MR) is 70.7 cm³/mol. The number of benzene rings is 1. The molecule has 0 atom stereocenters. The number of carbonyl (C=O) groups is 3.